The minimum Gasteiger partial charge on any atom is -0.481 e. The fourth-order valence-corrected chi connectivity index (χ4v) is 1.48. The highest BCUT2D eigenvalue weighted by Crippen LogP contribution is 2.01. The number of hydrogen-bond donors (Lipinski definition) is 1. The zero-order valence-corrected chi connectivity index (χ0v) is 9.44. The Balaban J connectivity index is 1.96. The van der Waals surface area contributed by atoms with Crippen LogP contribution >= 0.6 is 0 Å². The first-order valence-corrected chi connectivity index (χ1v) is 5.23. The minimum absolute atomic E-state index is 0.0717. The molecule has 0 aliphatic carbocycles. The molecule has 17 heavy (non-hydrogen) atoms. The summed E-state index contributed by atoms with van der Waals surface area (Å²) in [7, 11) is 1.85. The van der Waals surface area contributed by atoms with E-state index in [4.69, 9.17) is 5.11 Å². The van der Waals surface area contributed by atoms with E-state index >= 15 is 0 Å². The molecule has 2 aromatic heterocycles. The average molecular weight is 235 g/mol. The molecule has 0 fully saturated rings. The lowest BCUT2D eigenvalue weighted by Gasteiger charge is -1.95. The monoisotopic (exact) mass is 235 g/mol. The van der Waals surface area contributed by atoms with Crippen LogP contribution in [0.15, 0.2) is 18.5 Å². The molecule has 2 heterocycles. The smallest absolute Gasteiger partial charge is 0.303 e. The fourth-order valence-electron chi connectivity index (χ4n) is 1.48. The van der Waals surface area contributed by atoms with Crippen LogP contribution in [0.4, 0.5) is 0 Å². The number of aliphatic carboxylic acids is 1. The topological polar surface area (TPSA) is 85.8 Å². The standard InChI is InChI=1S/C10H13N5O2/c1-14-5-4-9(12-14)7-15-6-8(11-13-15)2-3-10(16)17/h4-6H,2-3,7H2,1H3,(H,16,17). The van der Waals surface area contributed by atoms with Gasteiger partial charge in [0.1, 0.15) is 0 Å². The number of aryl methyl sites for hydroxylation is 2. The van der Waals surface area contributed by atoms with E-state index in [1.54, 1.807) is 15.6 Å². The molecule has 0 bridgehead atoms. The number of aromatic nitrogens is 5. The first-order chi connectivity index (χ1) is 8.13. The second-order valence-electron chi connectivity index (χ2n) is 3.78. The van der Waals surface area contributed by atoms with Crippen LogP contribution in [0.1, 0.15) is 17.8 Å². The van der Waals surface area contributed by atoms with Crippen molar-refractivity contribution in [3.63, 3.8) is 0 Å². The molecular formula is C10H13N5O2. The maximum Gasteiger partial charge on any atom is 0.303 e. The van der Waals surface area contributed by atoms with Gasteiger partial charge >= 0.3 is 5.97 Å². The second-order valence-corrected chi connectivity index (χ2v) is 3.78. The van der Waals surface area contributed by atoms with E-state index in [0.717, 1.165) is 5.69 Å². The van der Waals surface area contributed by atoms with Gasteiger partial charge in [-0.25, -0.2) is 4.68 Å². The van der Waals surface area contributed by atoms with Crippen molar-refractivity contribution < 1.29 is 9.90 Å². The lowest BCUT2D eigenvalue weighted by Crippen LogP contribution is -2.02. The van der Waals surface area contributed by atoms with Crippen molar-refractivity contribution in [1.29, 1.82) is 0 Å². The molecule has 7 nitrogen and oxygen atoms in total. The van der Waals surface area contributed by atoms with Gasteiger partial charge < -0.3 is 5.11 Å². The summed E-state index contributed by atoms with van der Waals surface area (Å²) in [4.78, 5) is 10.4. The van der Waals surface area contributed by atoms with Gasteiger partial charge in [0, 0.05) is 25.9 Å². The Hall–Kier alpha value is -2.18. The van der Waals surface area contributed by atoms with Crippen LogP contribution in [-0.2, 0) is 24.8 Å². The Kier molecular flexibility index (Phi) is 3.17. The molecule has 0 radical (unpaired) electrons. The number of rotatable bonds is 5. The molecule has 90 valence electrons. The largest absolute Gasteiger partial charge is 0.481 e. The Morgan fingerprint density at radius 2 is 2.29 bits per heavy atom. The summed E-state index contributed by atoms with van der Waals surface area (Å²) < 4.78 is 3.37. The summed E-state index contributed by atoms with van der Waals surface area (Å²) in [5.74, 6) is -0.829. The van der Waals surface area contributed by atoms with E-state index in [1.807, 2.05) is 19.3 Å². The van der Waals surface area contributed by atoms with Crippen LogP contribution in [0.5, 0.6) is 0 Å². The van der Waals surface area contributed by atoms with E-state index in [1.165, 1.54) is 0 Å². The van der Waals surface area contributed by atoms with Gasteiger partial charge in [0.05, 0.1) is 24.4 Å². The van der Waals surface area contributed by atoms with Gasteiger partial charge in [-0.1, -0.05) is 5.21 Å². The fraction of sp³-hybridized carbons (Fsp3) is 0.400. The van der Waals surface area contributed by atoms with Crippen molar-refractivity contribution >= 4 is 5.97 Å². The second kappa shape index (κ2) is 4.77. The van der Waals surface area contributed by atoms with Gasteiger partial charge in [0.2, 0.25) is 0 Å². The Morgan fingerprint density at radius 3 is 2.94 bits per heavy atom. The van der Waals surface area contributed by atoms with Gasteiger partial charge in [-0.2, -0.15) is 5.10 Å². The molecule has 0 spiro atoms. The highest BCUT2D eigenvalue weighted by atomic mass is 16.4. The van der Waals surface area contributed by atoms with Crippen molar-refractivity contribution in [3.8, 4) is 0 Å². The molecule has 2 aromatic rings. The van der Waals surface area contributed by atoms with Crippen LogP contribution < -0.4 is 0 Å². The summed E-state index contributed by atoms with van der Waals surface area (Å²) in [5, 5.41) is 20.6. The number of carbonyl (C=O) groups is 1. The van der Waals surface area contributed by atoms with Crippen LogP contribution in [0.2, 0.25) is 0 Å². The molecule has 0 atom stereocenters. The van der Waals surface area contributed by atoms with Crippen molar-refractivity contribution in [2.75, 3.05) is 0 Å². The van der Waals surface area contributed by atoms with Crippen LogP contribution in [0.25, 0.3) is 0 Å². The summed E-state index contributed by atoms with van der Waals surface area (Å²) >= 11 is 0. The molecule has 0 aliphatic heterocycles. The summed E-state index contributed by atoms with van der Waals surface area (Å²) in [6, 6.07) is 1.90. The average Bonchev–Trinajstić information content (AvgIpc) is 2.86. The number of hydrogen-bond acceptors (Lipinski definition) is 4. The maximum atomic E-state index is 10.4. The molecular weight excluding hydrogens is 222 g/mol. The predicted molar refractivity (Wildman–Crippen MR) is 58.3 cm³/mol. The highest BCUT2D eigenvalue weighted by molar-refractivity contribution is 5.66. The SMILES string of the molecule is Cn1ccc(Cn2cc(CCC(=O)O)nn2)n1. The van der Waals surface area contributed by atoms with Crippen LogP contribution in [-0.4, -0.2) is 35.9 Å². The van der Waals surface area contributed by atoms with Crippen molar-refractivity contribution in [2.24, 2.45) is 7.05 Å². The number of nitrogens with zero attached hydrogens (tertiary/aromatic N) is 5. The Morgan fingerprint density at radius 1 is 1.47 bits per heavy atom. The lowest BCUT2D eigenvalue weighted by molar-refractivity contribution is -0.136. The predicted octanol–water partition coefficient (Wildman–Crippen LogP) is 0.0771. The van der Waals surface area contributed by atoms with Crippen LogP contribution in [0, 0.1) is 0 Å². The number of carboxylic acid groups (broad SMARTS) is 1. The third kappa shape index (κ3) is 3.13. The number of carboxylic acids is 1. The molecule has 0 amide bonds. The third-order valence-electron chi connectivity index (χ3n) is 2.27. The minimum atomic E-state index is -0.829. The summed E-state index contributed by atoms with van der Waals surface area (Å²) in [6.07, 6.45) is 4.08. The van der Waals surface area contributed by atoms with Gasteiger partial charge in [-0.15, -0.1) is 5.10 Å². The Labute approximate surface area is 97.7 Å². The molecule has 0 aromatic carbocycles. The summed E-state index contributed by atoms with van der Waals surface area (Å²) in [5.41, 5.74) is 1.57. The van der Waals surface area contributed by atoms with Gasteiger partial charge in [-0.3, -0.25) is 9.48 Å². The molecule has 0 aliphatic rings. The normalized spacial score (nSPS) is 10.6. The highest BCUT2D eigenvalue weighted by Gasteiger charge is 2.05. The van der Waals surface area contributed by atoms with E-state index in [9.17, 15) is 4.79 Å². The molecule has 2 rings (SSSR count). The van der Waals surface area contributed by atoms with E-state index in [0.29, 0.717) is 18.7 Å². The van der Waals surface area contributed by atoms with E-state index < -0.39 is 5.97 Å². The van der Waals surface area contributed by atoms with Crippen LogP contribution in [0.3, 0.4) is 0 Å². The molecule has 7 heteroatoms. The van der Waals surface area contributed by atoms with Gasteiger partial charge in [0.25, 0.3) is 0 Å². The third-order valence-corrected chi connectivity index (χ3v) is 2.27. The summed E-state index contributed by atoms with van der Waals surface area (Å²) in [6.45, 7) is 0.543. The lowest BCUT2D eigenvalue weighted by atomic mass is 10.2. The zero-order valence-electron chi connectivity index (χ0n) is 9.44. The van der Waals surface area contributed by atoms with Gasteiger partial charge in [0.15, 0.2) is 0 Å². The van der Waals surface area contributed by atoms with Crippen molar-refractivity contribution in [2.45, 2.75) is 19.4 Å². The van der Waals surface area contributed by atoms with Crippen molar-refractivity contribution in [3.05, 3.63) is 29.8 Å². The quantitative estimate of drug-likeness (QED) is 0.793. The molecule has 0 unspecified atom stereocenters. The molecule has 0 saturated carbocycles. The Bertz CT molecular complexity index is 516. The molecule has 0 saturated heterocycles. The maximum absolute atomic E-state index is 10.4. The zero-order chi connectivity index (χ0) is 12.3. The molecule has 1 N–H and O–H groups in total. The van der Waals surface area contributed by atoms with E-state index in [2.05, 4.69) is 15.4 Å². The first-order valence-electron chi connectivity index (χ1n) is 5.23. The van der Waals surface area contributed by atoms with Gasteiger partial charge in [-0.05, 0) is 6.07 Å². The van der Waals surface area contributed by atoms with Crippen molar-refractivity contribution in [1.82, 2.24) is 24.8 Å². The van der Waals surface area contributed by atoms with E-state index in [-0.39, 0.29) is 6.42 Å². The first kappa shape index (κ1) is 11.3.